The average molecular weight is 262 g/mol. The van der Waals surface area contributed by atoms with Gasteiger partial charge in [0.05, 0.1) is 5.69 Å². The predicted octanol–water partition coefficient (Wildman–Crippen LogP) is 2.27. The van der Waals surface area contributed by atoms with Crippen LogP contribution >= 0.6 is 0 Å². The Bertz CT molecular complexity index is 385. The quantitative estimate of drug-likeness (QED) is 0.884. The molecule has 0 radical (unpaired) electrons. The van der Waals surface area contributed by atoms with Gasteiger partial charge in [-0.3, -0.25) is 4.90 Å². The molecular formula is C15H26N4. The molecule has 106 valence electrons. The summed E-state index contributed by atoms with van der Waals surface area (Å²) in [4.78, 5) is 11.3. The van der Waals surface area contributed by atoms with E-state index in [1.165, 1.54) is 19.3 Å². The molecular weight excluding hydrogens is 236 g/mol. The maximum atomic E-state index is 6.00. The maximum absolute atomic E-state index is 6.00. The molecule has 1 aliphatic rings. The molecule has 0 atom stereocenters. The standard InChI is InChI=1S/C15H26N4/c1-3-10-19(15-6-4-13(16)5-7-15)11-14-8-9-17-12(2)18-14/h8-9,13,15H,3-7,10-11,16H2,1-2H3. The fraction of sp³-hybridized carbons (Fsp3) is 0.733. The minimum atomic E-state index is 0.418. The third kappa shape index (κ3) is 4.25. The zero-order valence-electron chi connectivity index (χ0n) is 12.2. The summed E-state index contributed by atoms with van der Waals surface area (Å²) in [7, 11) is 0. The van der Waals surface area contributed by atoms with Gasteiger partial charge >= 0.3 is 0 Å². The van der Waals surface area contributed by atoms with E-state index in [-0.39, 0.29) is 0 Å². The molecule has 0 aliphatic heterocycles. The lowest BCUT2D eigenvalue weighted by Gasteiger charge is -2.35. The highest BCUT2D eigenvalue weighted by molar-refractivity contribution is 5.02. The zero-order chi connectivity index (χ0) is 13.7. The van der Waals surface area contributed by atoms with Gasteiger partial charge in [0.25, 0.3) is 0 Å². The molecule has 1 aromatic rings. The summed E-state index contributed by atoms with van der Waals surface area (Å²) in [6, 6.07) is 3.13. The normalized spacial score (nSPS) is 23.8. The van der Waals surface area contributed by atoms with Crippen molar-refractivity contribution in [1.29, 1.82) is 0 Å². The van der Waals surface area contributed by atoms with Crippen LogP contribution in [0.3, 0.4) is 0 Å². The molecule has 0 saturated heterocycles. The summed E-state index contributed by atoms with van der Waals surface area (Å²) in [6.07, 6.45) is 7.82. The van der Waals surface area contributed by atoms with E-state index in [9.17, 15) is 0 Å². The molecule has 0 amide bonds. The highest BCUT2D eigenvalue weighted by Crippen LogP contribution is 2.23. The Balaban J connectivity index is 1.99. The minimum absolute atomic E-state index is 0.418. The van der Waals surface area contributed by atoms with Crippen LogP contribution in [0.25, 0.3) is 0 Å². The maximum Gasteiger partial charge on any atom is 0.125 e. The summed E-state index contributed by atoms with van der Waals surface area (Å²) >= 11 is 0. The Hall–Kier alpha value is -1.00. The molecule has 1 aromatic heterocycles. The topological polar surface area (TPSA) is 55.0 Å². The van der Waals surface area contributed by atoms with Gasteiger partial charge in [0.15, 0.2) is 0 Å². The second-order valence-electron chi connectivity index (χ2n) is 5.63. The number of nitrogens with two attached hydrogens (primary N) is 1. The van der Waals surface area contributed by atoms with Crippen LogP contribution in [0.4, 0.5) is 0 Å². The highest BCUT2D eigenvalue weighted by atomic mass is 15.2. The zero-order valence-corrected chi connectivity index (χ0v) is 12.2. The van der Waals surface area contributed by atoms with Crippen molar-refractivity contribution in [3.05, 3.63) is 23.8 Å². The van der Waals surface area contributed by atoms with Gasteiger partial charge in [-0.25, -0.2) is 9.97 Å². The first-order chi connectivity index (χ1) is 9.19. The van der Waals surface area contributed by atoms with E-state index in [0.29, 0.717) is 12.1 Å². The van der Waals surface area contributed by atoms with Gasteiger partial charge in [-0.1, -0.05) is 6.92 Å². The monoisotopic (exact) mass is 262 g/mol. The Labute approximate surface area is 116 Å². The van der Waals surface area contributed by atoms with E-state index < -0.39 is 0 Å². The number of hydrogen-bond donors (Lipinski definition) is 1. The fourth-order valence-corrected chi connectivity index (χ4v) is 2.95. The molecule has 0 aromatic carbocycles. The SMILES string of the molecule is CCCN(Cc1ccnc(C)n1)C1CCC(N)CC1. The van der Waals surface area contributed by atoms with Gasteiger partial charge in [0.2, 0.25) is 0 Å². The average Bonchev–Trinajstić information content (AvgIpc) is 2.39. The number of hydrogen-bond acceptors (Lipinski definition) is 4. The molecule has 0 spiro atoms. The molecule has 2 N–H and O–H groups in total. The van der Waals surface area contributed by atoms with E-state index in [1.807, 2.05) is 19.2 Å². The van der Waals surface area contributed by atoms with Crippen molar-refractivity contribution in [3.8, 4) is 0 Å². The molecule has 1 fully saturated rings. The van der Waals surface area contributed by atoms with E-state index in [4.69, 9.17) is 5.73 Å². The van der Waals surface area contributed by atoms with Crippen LogP contribution in [-0.4, -0.2) is 33.5 Å². The second kappa shape index (κ2) is 6.96. The van der Waals surface area contributed by atoms with Gasteiger partial charge in [-0.05, 0) is 51.6 Å². The lowest BCUT2D eigenvalue weighted by atomic mass is 9.90. The summed E-state index contributed by atoms with van der Waals surface area (Å²) in [5, 5.41) is 0. The van der Waals surface area contributed by atoms with E-state index in [1.54, 1.807) is 0 Å². The summed E-state index contributed by atoms with van der Waals surface area (Å²) < 4.78 is 0. The Morgan fingerprint density at radius 3 is 2.68 bits per heavy atom. The van der Waals surface area contributed by atoms with Gasteiger partial charge in [0.1, 0.15) is 5.82 Å². The van der Waals surface area contributed by atoms with Crippen LogP contribution in [-0.2, 0) is 6.54 Å². The van der Waals surface area contributed by atoms with Crippen molar-refractivity contribution in [3.63, 3.8) is 0 Å². The molecule has 1 saturated carbocycles. The van der Waals surface area contributed by atoms with Crippen LogP contribution in [0.1, 0.15) is 50.5 Å². The first-order valence-corrected chi connectivity index (χ1v) is 7.47. The first-order valence-electron chi connectivity index (χ1n) is 7.47. The summed E-state index contributed by atoms with van der Waals surface area (Å²) in [5.74, 6) is 0.861. The van der Waals surface area contributed by atoms with Crippen LogP contribution in [0.15, 0.2) is 12.3 Å². The summed E-state index contributed by atoms with van der Waals surface area (Å²) in [5.41, 5.74) is 7.14. The van der Waals surface area contributed by atoms with Crippen molar-refractivity contribution in [2.75, 3.05) is 6.54 Å². The molecule has 1 aliphatic carbocycles. The first kappa shape index (κ1) is 14.4. The minimum Gasteiger partial charge on any atom is -0.328 e. The van der Waals surface area contributed by atoms with Crippen LogP contribution in [0, 0.1) is 6.92 Å². The number of aromatic nitrogens is 2. The molecule has 19 heavy (non-hydrogen) atoms. The second-order valence-corrected chi connectivity index (χ2v) is 5.63. The van der Waals surface area contributed by atoms with Gasteiger partial charge in [-0.15, -0.1) is 0 Å². The third-order valence-electron chi connectivity index (χ3n) is 3.97. The van der Waals surface area contributed by atoms with E-state index >= 15 is 0 Å². The van der Waals surface area contributed by atoms with Crippen LogP contribution < -0.4 is 5.73 Å². The third-order valence-corrected chi connectivity index (χ3v) is 3.97. The largest absolute Gasteiger partial charge is 0.328 e. The number of rotatable bonds is 5. The lowest BCUT2D eigenvalue weighted by Crippen LogP contribution is -2.41. The number of aryl methyl sites for hydroxylation is 1. The Kier molecular flexibility index (Phi) is 5.28. The van der Waals surface area contributed by atoms with Gasteiger partial charge in [0, 0.05) is 24.8 Å². The van der Waals surface area contributed by atoms with E-state index in [2.05, 4.69) is 21.8 Å². The van der Waals surface area contributed by atoms with Crippen LogP contribution in [0.2, 0.25) is 0 Å². The van der Waals surface area contributed by atoms with Crippen LogP contribution in [0.5, 0.6) is 0 Å². The molecule has 2 rings (SSSR count). The summed E-state index contributed by atoms with van der Waals surface area (Å²) in [6.45, 7) is 6.28. The predicted molar refractivity (Wildman–Crippen MR) is 77.7 cm³/mol. The van der Waals surface area contributed by atoms with Crippen molar-refractivity contribution in [2.45, 2.75) is 64.6 Å². The smallest absolute Gasteiger partial charge is 0.125 e. The van der Waals surface area contributed by atoms with Crippen molar-refractivity contribution >= 4 is 0 Å². The molecule has 0 bridgehead atoms. The highest BCUT2D eigenvalue weighted by Gasteiger charge is 2.24. The molecule has 4 heteroatoms. The Morgan fingerprint density at radius 2 is 2.05 bits per heavy atom. The molecule has 1 heterocycles. The van der Waals surface area contributed by atoms with Crippen molar-refractivity contribution < 1.29 is 0 Å². The van der Waals surface area contributed by atoms with Gasteiger partial charge < -0.3 is 5.73 Å². The van der Waals surface area contributed by atoms with Crippen molar-refractivity contribution in [2.24, 2.45) is 5.73 Å². The fourth-order valence-electron chi connectivity index (χ4n) is 2.95. The Morgan fingerprint density at radius 1 is 1.32 bits per heavy atom. The van der Waals surface area contributed by atoms with Gasteiger partial charge in [-0.2, -0.15) is 0 Å². The molecule has 4 nitrogen and oxygen atoms in total. The van der Waals surface area contributed by atoms with E-state index in [0.717, 1.165) is 37.4 Å². The number of nitrogens with zero attached hydrogens (tertiary/aromatic N) is 3. The lowest BCUT2D eigenvalue weighted by molar-refractivity contribution is 0.140. The van der Waals surface area contributed by atoms with Crippen molar-refractivity contribution in [1.82, 2.24) is 14.9 Å². The molecule has 0 unspecified atom stereocenters.